The maximum absolute atomic E-state index is 12.4. The van der Waals surface area contributed by atoms with Gasteiger partial charge in [-0.05, 0) is 32.3 Å². The first-order chi connectivity index (χ1) is 8.99. The van der Waals surface area contributed by atoms with Crippen molar-refractivity contribution in [1.82, 2.24) is 5.32 Å². The summed E-state index contributed by atoms with van der Waals surface area (Å²) in [5, 5.41) is 3.09. The molecular formula is C16H27ClN2O. The number of hydrogen-bond acceptors (Lipinski definition) is 2. The highest BCUT2D eigenvalue weighted by atomic mass is 35.5. The lowest BCUT2D eigenvalue weighted by Crippen LogP contribution is -2.46. The number of carbonyl (C=O) groups is 1. The Bertz CT molecular complexity index is 405. The number of hydrogen-bond donors (Lipinski definition) is 2. The van der Waals surface area contributed by atoms with Crippen LogP contribution in [0.2, 0.25) is 0 Å². The average Bonchev–Trinajstić information content (AvgIpc) is 2.42. The summed E-state index contributed by atoms with van der Waals surface area (Å²) in [6, 6.07) is 8.25. The van der Waals surface area contributed by atoms with Crippen LogP contribution in [0, 0.1) is 12.3 Å². The predicted octanol–water partition coefficient (Wildman–Crippen LogP) is 3.36. The largest absolute Gasteiger partial charge is 0.349 e. The molecule has 1 atom stereocenters. The molecule has 0 fully saturated rings. The topological polar surface area (TPSA) is 55.1 Å². The Morgan fingerprint density at radius 2 is 1.75 bits per heavy atom. The molecule has 1 unspecified atom stereocenters. The number of carbonyl (C=O) groups excluding carboxylic acids is 1. The molecule has 114 valence electrons. The highest BCUT2D eigenvalue weighted by Crippen LogP contribution is 2.26. The van der Waals surface area contributed by atoms with Crippen molar-refractivity contribution >= 4 is 18.3 Å². The zero-order valence-electron chi connectivity index (χ0n) is 12.9. The molecule has 0 saturated heterocycles. The van der Waals surface area contributed by atoms with Gasteiger partial charge in [-0.25, -0.2) is 0 Å². The van der Waals surface area contributed by atoms with Gasteiger partial charge in [0.1, 0.15) is 0 Å². The molecule has 1 aromatic rings. The second kappa shape index (κ2) is 8.28. The summed E-state index contributed by atoms with van der Waals surface area (Å²) in [6.45, 7) is 8.50. The lowest BCUT2D eigenvalue weighted by atomic mass is 9.81. The van der Waals surface area contributed by atoms with Crippen LogP contribution >= 0.6 is 12.4 Å². The van der Waals surface area contributed by atoms with Crippen molar-refractivity contribution in [2.45, 2.75) is 46.6 Å². The lowest BCUT2D eigenvalue weighted by Gasteiger charge is -2.30. The van der Waals surface area contributed by atoms with Crippen molar-refractivity contribution in [3.05, 3.63) is 35.4 Å². The molecule has 1 rings (SSSR count). The molecule has 1 amide bonds. The van der Waals surface area contributed by atoms with Crippen molar-refractivity contribution in [1.29, 1.82) is 0 Å². The Morgan fingerprint density at radius 3 is 2.15 bits per heavy atom. The van der Waals surface area contributed by atoms with E-state index >= 15 is 0 Å². The molecule has 0 aliphatic rings. The predicted molar refractivity (Wildman–Crippen MR) is 87.1 cm³/mol. The molecule has 1 aromatic carbocycles. The molecule has 20 heavy (non-hydrogen) atoms. The molecule has 0 aliphatic carbocycles. The van der Waals surface area contributed by atoms with E-state index in [0.29, 0.717) is 6.54 Å². The molecule has 0 heterocycles. The van der Waals surface area contributed by atoms with Crippen LogP contribution in [0.3, 0.4) is 0 Å². The highest BCUT2D eigenvalue weighted by Gasteiger charge is 2.33. The normalized spacial score (nSPS) is 12.4. The number of amides is 1. The van der Waals surface area contributed by atoms with Crippen LogP contribution < -0.4 is 11.1 Å². The third-order valence-corrected chi connectivity index (χ3v) is 4.15. The maximum atomic E-state index is 12.4. The van der Waals surface area contributed by atoms with Gasteiger partial charge in [-0.15, -0.1) is 12.4 Å². The lowest BCUT2D eigenvalue weighted by molar-refractivity contribution is -0.131. The maximum Gasteiger partial charge on any atom is 0.227 e. The van der Waals surface area contributed by atoms with Crippen molar-refractivity contribution in [2.75, 3.05) is 6.54 Å². The summed E-state index contributed by atoms with van der Waals surface area (Å²) in [5.41, 5.74) is 7.72. The van der Waals surface area contributed by atoms with Gasteiger partial charge in [-0.2, -0.15) is 0 Å². The number of benzene rings is 1. The number of nitrogens with one attached hydrogen (secondary N) is 1. The molecule has 4 heteroatoms. The van der Waals surface area contributed by atoms with E-state index in [1.165, 1.54) is 5.56 Å². The van der Waals surface area contributed by atoms with E-state index in [4.69, 9.17) is 5.73 Å². The van der Waals surface area contributed by atoms with Crippen molar-refractivity contribution < 1.29 is 4.79 Å². The Balaban J connectivity index is 0.00000361. The van der Waals surface area contributed by atoms with E-state index in [2.05, 4.69) is 36.5 Å². The smallest absolute Gasteiger partial charge is 0.227 e. The third kappa shape index (κ3) is 4.22. The Morgan fingerprint density at radius 1 is 1.25 bits per heavy atom. The second-order valence-corrected chi connectivity index (χ2v) is 5.30. The monoisotopic (exact) mass is 298 g/mol. The molecule has 0 aromatic heterocycles. The minimum absolute atomic E-state index is 0. The van der Waals surface area contributed by atoms with Crippen molar-refractivity contribution in [2.24, 2.45) is 11.1 Å². The van der Waals surface area contributed by atoms with Crippen LogP contribution in [-0.2, 0) is 4.79 Å². The van der Waals surface area contributed by atoms with Gasteiger partial charge < -0.3 is 11.1 Å². The summed E-state index contributed by atoms with van der Waals surface area (Å²) in [4.78, 5) is 12.4. The molecule has 3 N–H and O–H groups in total. The van der Waals surface area contributed by atoms with E-state index < -0.39 is 5.41 Å². The molecule has 0 radical (unpaired) electrons. The number of aryl methyl sites for hydroxylation is 1. The standard InChI is InChI=1S/C16H26N2O.ClH/c1-5-16(6-2,11-17)15(19)18-13(4)14-9-7-12(3)8-10-14;/h7-10,13H,5-6,11,17H2,1-4H3,(H,18,19);1H. The van der Waals surface area contributed by atoms with E-state index in [-0.39, 0.29) is 24.4 Å². The number of halogens is 1. The fourth-order valence-electron chi connectivity index (χ4n) is 2.24. The van der Waals surface area contributed by atoms with Gasteiger partial charge in [0.25, 0.3) is 0 Å². The average molecular weight is 299 g/mol. The summed E-state index contributed by atoms with van der Waals surface area (Å²) in [6.07, 6.45) is 1.54. The number of rotatable bonds is 6. The minimum atomic E-state index is -0.432. The highest BCUT2D eigenvalue weighted by molar-refractivity contribution is 5.85. The van der Waals surface area contributed by atoms with Crippen LogP contribution in [0.4, 0.5) is 0 Å². The Labute approximate surface area is 128 Å². The van der Waals surface area contributed by atoms with E-state index in [0.717, 1.165) is 18.4 Å². The van der Waals surface area contributed by atoms with Crippen LogP contribution in [0.15, 0.2) is 24.3 Å². The van der Waals surface area contributed by atoms with Crippen LogP contribution in [-0.4, -0.2) is 12.5 Å². The van der Waals surface area contributed by atoms with Crippen molar-refractivity contribution in [3.63, 3.8) is 0 Å². The Hall–Kier alpha value is -1.06. The summed E-state index contributed by atoms with van der Waals surface area (Å²) < 4.78 is 0. The van der Waals surface area contributed by atoms with E-state index in [1.54, 1.807) is 0 Å². The molecule has 0 saturated carbocycles. The zero-order chi connectivity index (χ0) is 14.5. The van der Waals surface area contributed by atoms with Crippen LogP contribution in [0.1, 0.15) is 50.8 Å². The van der Waals surface area contributed by atoms with Gasteiger partial charge in [0.05, 0.1) is 11.5 Å². The zero-order valence-corrected chi connectivity index (χ0v) is 13.7. The second-order valence-electron chi connectivity index (χ2n) is 5.30. The van der Waals surface area contributed by atoms with Gasteiger partial charge in [-0.1, -0.05) is 43.7 Å². The molecule has 0 aliphatic heterocycles. The Kier molecular flexibility index (Phi) is 7.84. The van der Waals surface area contributed by atoms with Gasteiger partial charge in [0.2, 0.25) is 5.91 Å². The summed E-state index contributed by atoms with van der Waals surface area (Å²) >= 11 is 0. The fourth-order valence-corrected chi connectivity index (χ4v) is 2.24. The van der Waals surface area contributed by atoms with Crippen LogP contribution in [0.5, 0.6) is 0 Å². The first kappa shape index (κ1) is 18.9. The molecule has 3 nitrogen and oxygen atoms in total. The molecule has 0 bridgehead atoms. The first-order valence-electron chi connectivity index (χ1n) is 7.06. The molecule has 0 spiro atoms. The SMILES string of the molecule is CCC(CC)(CN)C(=O)NC(C)c1ccc(C)cc1.Cl. The molecular weight excluding hydrogens is 272 g/mol. The van der Waals surface area contributed by atoms with Gasteiger partial charge in [0.15, 0.2) is 0 Å². The number of nitrogens with two attached hydrogens (primary N) is 1. The van der Waals surface area contributed by atoms with Crippen molar-refractivity contribution in [3.8, 4) is 0 Å². The van der Waals surface area contributed by atoms with E-state index in [1.807, 2.05) is 20.8 Å². The third-order valence-electron chi connectivity index (χ3n) is 4.15. The first-order valence-corrected chi connectivity index (χ1v) is 7.06. The van der Waals surface area contributed by atoms with E-state index in [9.17, 15) is 4.79 Å². The van der Waals surface area contributed by atoms with Crippen LogP contribution in [0.25, 0.3) is 0 Å². The minimum Gasteiger partial charge on any atom is -0.349 e. The summed E-state index contributed by atoms with van der Waals surface area (Å²) in [7, 11) is 0. The quantitative estimate of drug-likeness (QED) is 0.846. The fraction of sp³-hybridized carbons (Fsp3) is 0.562. The summed E-state index contributed by atoms with van der Waals surface area (Å²) in [5.74, 6) is 0.0630. The van der Waals surface area contributed by atoms with Gasteiger partial charge in [0, 0.05) is 6.54 Å². The van der Waals surface area contributed by atoms with Gasteiger partial charge >= 0.3 is 0 Å². The van der Waals surface area contributed by atoms with Gasteiger partial charge in [-0.3, -0.25) is 4.79 Å².